The Morgan fingerprint density at radius 1 is 1.18 bits per heavy atom. The second kappa shape index (κ2) is 7.68. The second-order valence-corrected chi connectivity index (χ2v) is 5.65. The molecule has 2 N–H and O–H groups in total. The maximum Gasteiger partial charge on any atom is 0.309 e. The van der Waals surface area contributed by atoms with Crippen LogP contribution >= 0.6 is 0 Å². The summed E-state index contributed by atoms with van der Waals surface area (Å²) in [5.74, 6) is 0.561. The zero-order chi connectivity index (χ0) is 15.9. The molecule has 0 aliphatic carbocycles. The van der Waals surface area contributed by atoms with Crippen molar-refractivity contribution in [1.29, 1.82) is 0 Å². The van der Waals surface area contributed by atoms with Gasteiger partial charge in [-0.25, -0.2) is 0 Å². The highest BCUT2D eigenvalue weighted by molar-refractivity contribution is 6.35. The first-order chi connectivity index (χ1) is 10.6. The Hall–Kier alpha value is -2.24. The zero-order valence-electron chi connectivity index (χ0n) is 12.9. The van der Waals surface area contributed by atoms with E-state index in [2.05, 4.69) is 24.5 Å². The molecule has 120 valence electrons. The molecule has 1 aliphatic rings. The number of amides is 2. The van der Waals surface area contributed by atoms with Crippen LogP contribution in [0.2, 0.25) is 0 Å². The monoisotopic (exact) mass is 306 g/mol. The van der Waals surface area contributed by atoms with Gasteiger partial charge in [0.2, 0.25) is 0 Å². The van der Waals surface area contributed by atoms with Gasteiger partial charge in [-0.2, -0.15) is 0 Å². The van der Waals surface area contributed by atoms with Crippen LogP contribution < -0.4 is 20.1 Å². The number of benzene rings is 1. The number of para-hydroxylation sites is 2. The summed E-state index contributed by atoms with van der Waals surface area (Å²) in [6, 6.07) is 7.35. The number of carbonyl (C=O) groups excluding carboxylic acids is 2. The number of ether oxygens (including phenoxy) is 2. The maximum absolute atomic E-state index is 11.7. The Balaban J connectivity index is 1.72. The Morgan fingerprint density at radius 3 is 2.59 bits per heavy atom. The minimum Gasteiger partial charge on any atom is -0.486 e. The number of hydrogen-bond acceptors (Lipinski definition) is 4. The fraction of sp³-hybridized carbons (Fsp3) is 0.500. The van der Waals surface area contributed by atoms with Crippen molar-refractivity contribution in [2.24, 2.45) is 5.92 Å². The lowest BCUT2D eigenvalue weighted by Crippen LogP contribution is -2.46. The number of hydrogen-bond donors (Lipinski definition) is 2. The second-order valence-electron chi connectivity index (χ2n) is 5.65. The lowest BCUT2D eigenvalue weighted by Gasteiger charge is -2.26. The molecule has 1 atom stereocenters. The van der Waals surface area contributed by atoms with E-state index in [4.69, 9.17) is 9.47 Å². The van der Waals surface area contributed by atoms with E-state index in [1.807, 2.05) is 24.3 Å². The van der Waals surface area contributed by atoms with E-state index >= 15 is 0 Å². The molecule has 1 heterocycles. The third-order valence-electron chi connectivity index (χ3n) is 3.27. The van der Waals surface area contributed by atoms with Crippen molar-refractivity contribution in [3.05, 3.63) is 24.3 Å². The van der Waals surface area contributed by atoms with Crippen LogP contribution in [-0.2, 0) is 9.59 Å². The number of fused-ring (bicyclic) bond motifs is 1. The van der Waals surface area contributed by atoms with Gasteiger partial charge in [0.05, 0.1) is 6.54 Å². The third kappa shape index (κ3) is 4.65. The fourth-order valence-electron chi connectivity index (χ4n) is 2.01. The van der Waals surface area contributed by atoms with Crippen molar-refractivity contribution < 1.29 is 19.1 Å². The number of carbonyl (C=O) groups is 2. The standard InChI is InChI=1S/C16H22N2O4/c1-11(2)7-8-17-15(19)16(20)18-9-12-10-21-13-5-3-4-6-14(13)22-12/h3-6,11-12H,7-10H2,1-2H3,(H,17,19)(H,18,20). The molecular weight excluding hydrogens is 284 g/mol. The Kier molecular flexibility index (Phi) is 5.63. The predicted molar refractivity (Wildman–Crippen MR) is 81.8 cm³/mol. The lowest BCUT2D eigenvalue weighted by atomic mass is 10.1. The van der Waals surface area contributed by atoms with E-state index in [0.29, 0.717) is 30.6 Å². The molecule has 0 spiro atoms. The van der Waals surface area contributed by atoms with Crippen molar-refractivity contribution in [3.8, 4) is 11.5 Å². The van der Waals surface area contributed by atoms with Crippen molar-refractivity contribution >= 4 is 11.8 Å². The molecule has 0 saturated heterocycles. The molecule has 1 aliphatic heterocycles. The van der Waals surface area contributed by atoms with E-state index in [1.54, 1.807) is 0 Å². The van der Waals surface area contributed by atoms with Crippen molar-refractivity contribution in [3.63, 3.8) is 0 Å². The van der Waals surface area contributed by atoms with Crippen LogP contribution in [0.1, 0.15) is 20.3 Å². The summed E-state index contributed by atoms with van der Waals surface area (Å²) in [6.07, 6.45) is 0.539. The lowest BCUT2D eigenvalue weighted by molar-refractivity contribution is -0.139. The zero-order valence-corrected chi connectivity index (χ0v) is 12.9. The van der Waals surface area contributed by atoms with Crippen LogP contribution in [0.3, 0.4) is 0 Å². The molecule has 6 heteroatoms. The molecule has 2 amide bonds. The summed E-state index contributed by atoms with van der Waals surface area (Å²) in [5.41, 5.74) is 0. The van der Waals surface area contributed by atoms with Crippen molar-refractivity contribution in [2.75, 3.05) is 19.7 Å². The van der Waals surface area contributed by atoms with Gasteiger partial charge in [0.1, 0.15) is 12.7 Å². The van der Waals surface area contributed by atoms with Gasteiger partial charge in [-0.05, 0) is 24.5 Å². The van der Waals surface area contributed by atoms with Crippen LogP contribution in [0.15, 0.2) is 24.3 Å². The van der Waals surface area contributed by atoms with Crippen LogP contribution in [-0.4, -0.2) is 37.6 Å². The largest absolute Gasteiger partial charge is 0.486 e. The highest BCUT2D eigenvalue weighted by Crippen LogP contribution is 2.30. The topological polar surface area (TPSA) is 76.7 Å². The van der Waals surface area contributed by atoms with Gasteiger partial charge in [0, 0.05) is 6.54 Å². The SMILES string of the molecule is CC(C)CCNC(=O)C(=O)NCC1COc2ccccc2O1. The fourth-order valence-corrected chi connectivity index (χ4v) is 2.01. The average molecular weight is 306 g/mol. The van der Waals surface area contributed by atoms with Crippen LogP contribution in [0.4, 0.5) is 0 Å². The highest BCUT2D eigenvalue weighted by Gasteiger charge is 2.22. The minimum atomic E-state index is -0.647. The summed E-state index contributed by atoms with van der Waals surface area (Å²) < 4.78 is 11.2. The van der Waals surface area contributed by atoms with E-state index in [-0.39, 0.29) is 12.6 Å². The van der Waals surface area contributed by atoms with Crippen molar-refractivity contribution in [1.82, 2.24) is 10.6 Å². The van der Waals surface area contributed by atoms with E-state index in [0.717, 1.165) is 6.42 Å². The van der Waals surface area contributed by atoms with Gasteiger partial charge in [-0.15, -0.1) is 0 Å². The summed E-state index contributed by atoms with van der Waals surface area (Å²) in [6.45, 7) is 5.19. The minimum absolute atomic E-state index is 0.227. The summed E-state index contributed by atoms with van der Waals surface area (Å²) in [4.78, 5) is 23.3. The van der Waals surface area contributed by atoms with Gasteiger partial charge in [-0.3, -0.25) is 9.59 Å². The summed E-state index contributed by atoms with van der Waals surface area (Å²) >= 11 is 0. The Labute approximate surface area is 130 Å². The van der Waals surface area contributed by atoms with Crippen molar-refractivity contribution in [2.45, 2.75) is 26.4 Å². The predicted octanol–water partition coefficient (Wildman–Crippen LogP) is 1.10. The quantitative estimate of drug-likeness (QED) is 0.799. The van der Waals surface area contributed by atoms with Crippen LogP contribution in [0.5, 0.6) is 11.5 Å². The van der Waals surface area contributed by atoms with Gasteiger partial charge < -0.3 is 20.1 Å². The Bertz CT molecular complexity index is 531. The first kappa shape index (κ1) is 16.1. The van der Waals surface area contributed by atoms with Gasteiger partial charge >= 0.3 is 11.8 Å². The smallest absolute Gasteiger partial charge is 0.309 e. The Morgan fingerprint density at radius 2 is 1.86 bits per heavy atom. The maximum atomic E-state index is 11.7. The molecule has 6 nitrogen and oxygen atoms in total. The molecule has 0 aromatic heterocycles. The molecule has 0 fully saturated rings. The highest BCUT2D eigenvalue weighted by atomic mass is 16.6. The molecule has 0 radical (unpaired) electrons. The molecule has 22 heavy (non-hydrogen) atoms. The van der Waals surface area contributed by atoms with Crippen LogP contribution in [0, 0.1) is 5.92 Å². The average Bonchev–Trinajstić information content (AvgIpc) is 2.51. The first-order valence-electron chi connectivity index (χ1n) is 7.50. The van der Waals surface area contributed by atoms with Crippen LogP contribution in [0.25, 0.3) is 0 Å². The molecule has 0 saturated carbocycles. The number of rotatable bonds is 5. The van der Waals surface area contributed by atoms with Gasteiger partial charge in [-0.1, -0.05) is 26.0 Å². The molecule has 1 unspecified atom stereocenters. The normalized spacial score (nSPS) is 16.2. The summed E-state index contributed by atoms with van der Waals surface area (Å²) in [7, 11) is 0. The van der Waals surface area contributed by atoms with Gasteiger partial charge in [0.15, 0.2) is 11.5 Å². The van der Waals surface area contributed by atoms with E-state index < -0.39 is 11.8 Å². The summed E-state index contributed by atoms with van der Waals surface area (Å²) in [5, 5.41) is 5.16. The van der Waals surface area contributed by atoms with E-state index in [9.17, 15) is 9.59 Å². The molecule has 1 aromatic carbocycles. The molecule has 2 rings (SSSR count). The van der Waals surface area contributed by atoms with Gasteiger partial charge in [0.25, 0.3) is 0 Å². The number of nitrogens with one attached hydrogen (secondary N) is 2. The first-order valence-corrected chi connectivity index (χ1v) is 7.50. The molecular formula is C16H22N2O4. The molecule has 0 bridgehead atoms. The van der Waals surface area contributed by atoms with E-state index in [1.165, 1.54) is 0 Å². The molecule has 1 aromatic rings. The third-order valence-corrected chi connectivity index (χ3v) is 3.27.